The van der Waals surface area contributed by atoms with Gasteiger partial charge in [-0.15, -0.1) is 0 Å². The number of pyridine rings is 1. The van der Waals surface area contributed by atoms with Crippen LogP contribution in [0, 0.1) is 5.92 Å². The van der Waals surface area contributed by atoms with Gasteiger partial charge in [-0.2, -0.15) is 0 Å². The van der Waals surface area contributed by atoms with Crippen molar-refractivity contribution in [2.24, 2.45) is 5.92 Å². The first-order valence-electron chi connectivity index (χ1n) is 14.3. The molecule has 0 aliphatic carbocycles. The minimum Gasteiger partial charge on any atom is -0.465 e. The van der Waals surface area contributed by atoms with E-state index >= 15 is 0 Å². The highest BCUT2D eigenvalue weighted by Crippen LogP contribution is 2.19. The second-order valence-corrected chi connectivity index (χ2v) is 10.3. The standard InChI is InChI=1S/C31H49N3O4/c1-6-8-11-19-32(18-9-7-2)31(36)24-34(27(4)16-21-33-20-12-10-13-30(33)35)23-26(3)29-15-14-28(5)38-25-37-22-17-29/h10,12-15,17,20,22,26-27H,6-9,11,16,18-19,21,23-25H2,1-5H3/b22-17+,28-14+,29-15+. The van der Waals surface area contributed by atoms with Crippen molar-refractivity contribution in [3.63, 3.8) is 0 Å². The molecular formula is C31H49N3O4. The summed E-state index contributed by atoms with van der Waals surface area (Å²) in [4.78, 5) is 30.2. The molecule has 1 amide bonds. The number of unbranched alkanes of at least 4 members (excludes halogenated alkanes) is 3. The SMILES string of the molecule is CCCCCN(CCCC)C(=O)CN(CC(C)C1=C/C=C(\C)OCO\C=C\1)C(C)CCn1ccccc1=O. The Labute approximate surface area is 229 Å². The van der Waals surface area contributed by atoms with Gasteiger partial charge >= 0.3 is 0 Å². The number of aryl methyl sites for hydroxylation is 1. The van der Waals surface area contributed by atoms with E-state index in [-0.39, 0.29) is 30.2 Å². The van der Waals surface area contributed by atoms with Gasteiger partial charge in [0.15, 0.2) is 0 Å². The van der Waals surface area contributed by atoms with E-state index in [1.54, 1.807) is 23.0 Å². The van der Waals surface area contributed by atoms with E-state index in [1.807, 2.05) is 31.3 Å². The molecule has 0 saturated carbocycles. The number of carbonyl (C=O) groups excluding carboxylic acids is 1. The van der Waals surface area contributed by atoms with Crippen LogP contribution in [0.5, 0.6) is 0 Å². The maximum atomic E-state index is 13.6. The monoisotopic (exact) mass is 527 g/mol. The lowest BCUT2D eigenvalue weighted by atomic mass is 9.98. The third kappa shape index (κ3) is 11.3. The van der Waals surface area contributed by atoms with E-state index in [1.165, 1.54) is 0 Å². The number of hydrogen-bond acceptors (Lipinski definition) is 5. The van der Waals surface area contributed by atoms with Crippen molar-refractivity contribution in [2.45, 2.75) is 85.7 Å². The number of amides is 1. The number of nitrogens with zero attached hydrogens (tertiary/aromatic N) is 3. The quantitative estimate of drug-likeness (QED) is 0.257. The van der Waals surface area contributed by atoms with Crippen molar-refractivity contribution in [3.05, 3.63) is 70.6 Å². The highest BCUT2D eigenvalue weighted by molar-refractivity contribution is 5.78. The van der Waals surface area contributed by atoms with Gasteiger partial charge in [0, 0.05) is 44.5 Å². The summed E-state index contributed by atoms with van der Waals surface area (Å²) < 4.78 is 12.7. The van der Waals surface area contributed by atoms with Crippen LogP contribution >= 0.6 is 0 Å². The zero-order chi connectivity index (χ0) is 27.8. The summed E-state index contributed by atoms with van der Waals surface area (Å²) in [5.41, 5.74) is 1.12. The average molecular weight is 528 g/mol. The van der Waals surface area contributed by atoms with Gasteiger partial charge < -0.3 is 18.9 Å². The maximum absolute atomic E-state index is 13.6. The van der Waals surface area contributed by atoms with Crippen molar-refractivity contribution in [2.75, 3.05) is 33.0 Å². The van der Waals surface area contributed by atoms with Crippen molar-refractivity contribution in [1.82, 2.24) is 14.4 Å². The molecule has 7 heteroatoms. The van der Waals surface area contributed by atoms with Crippen LogP contribution < -0.4 is 5.56 Å². The molecule has 2 unspecified atom stereocenters. The zero-order valence-corrected chi connectivity index (χ0v) is 24.2. The van der Waals surface area contributed by atoms with E-state index in [2.05, 4.69) is 43.6 Å². The number of rotatable bonds is 16. The van der Waals surface area contributed by atoms with Gasteiger partial charge in [0.05, 0.1) is 18.6 Å². The summed E-state index contributed by atoms with van der Waals surface area (Å²) >= 11 is 0. The molecule has 0 bridgehead atoms. The second kappa shape index (κ2) is 17.7. The van der Waals surface area contributed by atoms with Gasteiger partial charge in [0.2, 0.25) is 18.3 Å². The van der Waals surface area contributed by atoms with Gasteiger partial charge in [-0.05, 0) is 62.8 Å². The molecule has 0 spiro atoms. The van der Waals surface area contributed by atoms with Crippen molar-refractivity contribution in [3.8, 4) is 0 Å². The molecule has 0 saturated heterocycles. The fourth-order valence-corrected chi connectivity index (χ4v) is 4.49. The van der Waals surface area contributed by atoms with Crippen LogP contribution in [0.1, 0.15) is 73.1 Å². The predicted molar refractivity (Wildman–Crippen MR) is 155 cm³/mol. The molecule has 0 fully saturated rings. The number of carbonyl (C=O) groups is 1. The predicted octanol–water partition coefficient (Wildman–Crippen LogP) is 5.73. The van der Waals surface area contributed by atoms with Gasteiger partial charge in [-0.1, -0.05) is 52.2 Å². The lowest BCUT2D eigenvalue weighted by Crippen LogP contribution is -2.46. The molecule has 1 aromatic heterocycles. The van der Waals surface area contributed by atoms with E-state index in [4.69, 9.17) is 9.47 Å². The summed E-state index contributed by atoms with van der Waals surface area (Å²) in [7, 11) is 0. The molecule has 2 heterocycles. The molecular weight excluding hydrogens is 478 g/mol. The zero-order valence-electron chi connectivity index (χ0n) is 24.2. The largest absolute Gasteiger partial charge is 0.465 e. The summed E-state index contributed by atoms with van der Waals surface area (Å²) in [6.45, 7) is 14.1. The van der Waals surface area contributed by atoms with Crippen LogP contribution in [-0.4, -0.2) is 59.3 Å². The van der Waals surface area contributed by atoms with Crippen molar-refractivity contribution in [1.29, 1.82) is 0 Å². The summed E-state index contributed by atoms with van der Waals surface area (Å²) in [5, 5.41) is 0. The Hall–Kier alpha value is -2.80. The number of ether oxygens (including phenoxy) is 2. The smallest absolute Gasteiger partial charge is 0.250 e. The number of hydrogen-bond donors (Lipinski definition) is 0. The summed E-state index contributed by atoms with van der Waals surface area (Å²) in [6.07, 6.45) is 15.7. The first-order valence-corrected chi connectivity index (χ1v) is 14.3. The third-order valence-corrected chi connectivity index (χ3v) is 7.11. The lowest BCUT2D eigenvalue weighted by Gasteiger charge is -2.34. The van der Waals surface area contributed by atoms with Crippen LogP contribution in [0.3, 0.4) is 0 Å². The molecule has 212 valence electrons. The fourth-order valence-electron chi connectivity index (χ4n) is 4.49. The molecule has 2 rings (SSSR count). The fraction of sp³-hybridized carbons (Fsp3) is 0.613. The topological polar surface area (TPSA) is 64.0 Å². The normalized spacial score (nSPS) is 18.9. The molecule has 0 aromatic carbocycles. The Kier molecular flexibility index (Phi) is 14.6. The van der Waals surface area contributed by atoms with Crippen molar-refractivity contribution >= 4 is 5.91 Å². The lowest BCUT2D eigenvalue weighted by molar-refractivity contribution is -0.133. The Bertz CT molecular complexity index is 981. The van der Waals surface area contributed by atoms with Gasteiger partial charge in [-0.3, -0.25) is 14.5 Å². The van der Waals surface area contributed by atoms with Gasteiger partial charge in [-0.25, -0.2) is 0 Å². The molecule has 2 atom stereocenters. The summed E-state index contributed by atoms with van der Waals surface area (Å²) in [5.74, 6) is 1.15. The molecule has 0 radical (unpaired) electrons. The molecule has 7 nitrogen and oxygen atoms in total. The van der Waals surface area contributed by atoms with Gasteiger partial charge in [0.25, 0.3) is 0 Å². The van der Waals surface area contributed by atoms with E-state index in [9.17, 15) is 9.59 Å². The number of aromatic nitrogens is 1. The van der Waals surface area contributed by atoms with Crippen LogP contribution in [-0.2, 0) is 20.8 Å². The van der Waals surface area contributed by atoms with Gasteiger partial charge in [0.1, 0.15) is 0 Å². The molecule has 1 aliphatic rings. The number of allylic oxidation sites excluding steroid dienone is 4. The summed E-state index contributed by atoms with van der Waals surface area (Å²) in [6, 6.07) is 5.36. The Morgan fingerprint density at radius 3 is 2.58 bits per heavy atom. The maximum Gasteiger partial charge on any atom is 0.250 e. The molecule has 0 N–H and O–H groups in total. The molecule has 1 aromatic rings. The van der Waals surface area contributed by atoms with Crippen LogP contribution in [0.4, 0.5) is 0 Å². The molecule has 1 aliphatic heterocycles. The Balaban J connectivity index is 2.21. The average Bonchev–Trinajstić information content (AvgIpc) is 3.01. The van der Waals surface area contributed by atoms with E-state index in [0.29, 0.717) is 13.1 Å². The Morgan fingerprint density at radius 1 is 1.08 bits per heavy atom. The van der Waals surface area contributed by atoms with Crippen LogP contribution in [0.25, 0.3) is 0 Å². The first kappa shape index (κ1) is 31.4. The van der Waals surface area contributed by atoms with Crippen molar-refractivity contribution < 1.29 is 14.3 Å². The van der Waals surface area contributed by atoms with Crippen LogP contribution in [0.2, 0.25) is 0 Å². The minimum absolute atomic E-state index is 0.00242. The highest BCUT2D eigenvalue weighted by atomic mass is 16.7. The first-order chi connectivity index (χ1) is 18.3. The third-order valence-electron chi connectivity index (χ3n) is 7.11. The Morgan fingerprint density at radius 2 is 1.84 bits per heavy atom. The van der Waals surface area contributed by atoms with Crippen LogP contribution in [0.15, 0.2) is 65.0 Å². The highest BCUT2D eigenvalue weighted by Gasteiger charge is 2.23. The molecule has 38 heavy (non-hydrogen) atoms. The second-order valence-electron chi connectivity index (χ2n) is 10.3. The van der Waals surface area contributed by atoms with E-state index < -0.39 is 0 Å². The van der Waals surface area contributed by atoms with E-state index in [0.717, 1.165) is 69.5 Å². The minimum atomic E-state index is 0.00242.